The standard InChI is InChI=1S/C14H18N2O/c1-3-11-16-13(9-10-15-16)14(2,17)12-7-5-4-6-8-12/h4-10,17H,3,11H2,1-2H3. The van der Waals surface area contributed by atoms with E-state index >= 15 is 0 Å². The number of nitrogens with zero attached hydrogens (tertiary/aromatic N) is 2. The Kier molecular flexibility index (Phi) is 3.29. The van der Waals surface area contributed by atoms with Crippen molar-refractivity contribution in [2.45, 2.75) is 32.4 Å². The van der Waals surface area contributed by atoms with Crippen LogP contribution in [0.3, 0.4) is 0 Å². The molecule has 0 saturated heterocycles. The summed E-state index contributed by atoms with van der Waals surface area (Å²) in [6.45, 7) is 4.74. The van der Waals surface area contributed by atoms with Crippen LogP contribution >= 0.6 is 0 Å². The second-order valence-electron chi connectivity index (χ2n) is 4.38. The molecule has 0 aliphatic rings. The SMILES string of the molecule is CCCn1nccc1C(C)(O)c1ccccc1. The molecule has 2 aromatic rings. The first-order chi connectivity index (χ1) is 8.16. The molecule has 1 N–H and O–H groups in total. The van der Waals surface area contributed by atoms with E-state index in [0.717, 1.165) is 24.2 Å². The zero-order chi connectivity index (χ0) is 12.3. The number of aromatic nitrogens is 2. The molecular formula is C14H18N2O. The van der Waals surface area contributed by atoms with Gasteiger partial charge in [0.15, 0.2) is 0 Å². The Morgan fingerprint density at radius 2 is 1.94 bits per heavy atom. The monoisotopic (exact) mass is 230 g/mol. The normalized spacial score (nSPS) is 14.5. The molecule has 2 rings (SSSR count). The van der Waals surface area contributed by atoms with Crippen molar-refractivity contribution >= 4 is 0 Å². The molecule has 3 nitrogen and oxygen atoms in total. The minimum absolute atomic E-state index is 0.825. The van der Waals surface area contributed by atoms with Crippen LogP contribution in [0.25, 0.3) is 0 Å². The van der Waals surface area contributed by atoms with Crippen molar-refractivity contribution in [3.63, 3.8) is 0 Å². The van der Waals surface area contributed by atoms with E-state index in [-0.39, 0.29) is 0 Å². The van der Waals surface area contributed by atoms with Gasteiger partial charge in [0.2, 0.25) is 0 Å². The molecule has 17 heavy (non-hydrogen) atoms. The zero-order valence-electron chi connectivity index (χ0n) is 10.3. The number of hydrogen-bond acceptors (Lipinski definition) is 2. The summed E-state index contributed by atoms with van der Waals surface area (Å²) < 4.78 is 1.87. The summed E-state index contributed by atoms with van der Waals surface area (Å²) in [5.74, 6) is 0. The fourth-order valence-electron chi connectivity index (χ4n) is 2.05. The molecule has 0 aliphatic carbocycles. The number of hydrogen-bond donors (Lipinski definition) is 1. The van der Waals surface area contributed by atoms with Crippen molar-refractivity contribution in [2.24, 2.45) is 0 Å². The maximum absolute atomic E-state index is 10.7. The van der Waals surface area contributed by atoms with Crippen LogP contribution in [0, 0.1) is 0 Å². The van der Waals surface area contributed by atoms with Gasteiger partial charge in [-0.15, -0.1) is 0 Å². The molecule has 1 atom stereocenters. The molecule has 0 amide bonds. The van der Waals surface area contributed by atoms with Crippen LogP contribution in [0.1, 0.15) is 31.5 Å². The summed E-state index contributed by atoms with van der Waals surface area (Å²) in [7, 11) is 0. The van der Waals surface area contributed by atoms with Crippen molar-refractivity contribution < 1.29 is 5.11 Å². The van der Waals surface area contributed by atoms with Crippen molar-refractivity contribution in [2.75, 3.05) is 0 Å². The van der Waals surface area contributed by atoms with Crippen molar-refractivity contribution in [3.8, 4) is 0 Å². The quantitative estimate of drug-likeness (QED) is 0.876. The molecule has 3 heteroatoms. The first-order valence-corrected chi connectivity index (χ1v) is 5.96. The number of aliphatic hydroxyl groups is 1. The van der Waals surface area contributed by atoms with Gasteiger partial charge in [-0.2, -0.15) is 5.10 Å². The van der Waals surface area contributed by atoms with Crippen LogP contribution in [0.4, 0.5) is 0 Å². The van der Waals surface area contributed by atoms with Gasteiger partial charge in [-0.1, -0.05) is 37.3 Å². The van der Waals surface area contributed by atoms with Gasteiger partial charge in [-0.05, 0) is 25.0 Å². The van der Waals surface area contributed by atoms with E-state index in [1.54, 1.807) is 6.20 Å². The molecule has 0 radical (unpaired) electrons. The molecule has 0 aliphatic heterocycles. The molecular weight excluding hydrogens is 212 g/mol. The van der Waals surface area contributed by atoms with E-state index in [2.05, 4.69) is 12.0 Å². The summed E-state index contributed by atoms with van der Waals surface area (Å²) in [6, 6.07) is 11.6. The average molecular weight is 230 g/mol. The topological polar surface area (TPSA) is 38.0 Å². The Hall–Kier alpha value is -1.61. The lowest BCUT2D eigenvalue weighted by Crippen LogP contribution is -2.26. The van der Waals surface area contributed by atoms with E-state index in [0.29, 0.717) is 0 Å². The summed E-state index contributed by atoms with van der Waals surface area (Å²) in [5, 5.41) is 14.9. The number of aryl methyl sites for hydroxylation is 1. The molecule has 1 heterocycles. The van der Waals surface area contributed by atoms with Crippen LogP contribution in [0.5, 0.6) is 0 Å². The van der Waals surface area contributed by atoms with Crippen molar-refractivity contribution in [3.05, 3.63) is 53.9 Å². The number of rotatable bonds is 4. The molecule has 0 fully saturated rings. The smallest absolute Gasteiger partial charge is 0.128 e. The van der Waals surface area contributed by atoms with Crippen molar-refractivity contribution in [1.29, 1.82) is 0 Å². The molecule has 1 unspecified atom stereocenters. The largest absolute Gasteiger partial charge is 0.379 e. The lowest BCUT2D eigenvalue weighted by molar-refractivity contribution is 0.0914. The molecule has 0 saturated carbocycles. The first kappa shape index (κ1) is 11.9. The van der Waals surface area contributed by atoms with Gasteiger partial charge < -0.3 is 5.11 Å². The third-order valence-corrected chi connectivity index (χ3v) is 2.99. The van der Waals surface area contributed by atoms with E-state index in [4.69, 9.17) is 0 Å². The highest BCUT2D eigenvalue weighted by Gasteiger charge is 2.28. The van der Waals surface area contributed by atoms with E-state index < -0.39 is 5.60 Å². The zero-order valence-corrected chi connectivity index (χ0v) is 10.3. The minimum Gasteiger partial charge on any atom is -0.379 e. The molecule has 0 bridgehead atoms. The third-order valence-electron chi connectivity index (χ3n) is 2.99. The van der Waals surface area contributed by atoms with E-state index in [1.807, 2.05) is 48.0 Å². The Morgan fingerprint density at radius 3 is 2.59 bits per heavy atom. The second-order valence-corrected chi connectivity index (χ2v) is 4.38. The maximum Gasteiger partial charge on any atom is 0.128 e. The minimum atomic E-state index is -0.993. The summed E-state index contributed by atoms with van der Waals surface area (Å²) in [4.78, 5) is 0. The van der Waals surface area contributed by atoms with Crippen LogP contribution in [-0.2, 0) is 12.1 Å². The molecule has 1 aromatic heterocycles. The van der Waals surface area contributed by atoms with Crippen LogP contribution in [-0.4, -0.2) is 14.9 Å². The highest BCUT2D eigenvalue weighted by Crippen LogP contribution is 2.28. The Morgan fingerprint density at radius 1 is 1.24 bits per heavy atom. The molecule has 90 valence electrons. The fraction of sp³-hybridized carbons (Fsp3) is 0.357. The predicted molar refractivity (Wildman–Crippen MR) is 67.6 cm³/mol. The Balaban J connectivity index is 2.41. The van der Waals surface area contributed by atoms with Crippen LogP contribution in [0.2, 0.25) is 0 Å². The average Bonchev–Trinajstić information content (AvgIpc) is 2.80. The lowest BCUT2D eigenvalue weighted by atomic mass is 9.92. The van der Waals surface area contributed by atoms with Gasteiger partial charge in [-0.25, -0.2) is 0 Å². The Labute approximate surface area is 102 Å². The van der Waals surface area contributed by atoms with Crippen LogP contribution in [0.15, 0.2) is 42.6 Å². The third kappa shape index (κ3) is 2.24. The summed E-state index contributed by atoms with van der Waals surface area (Å²) in [5.41, 5.74) is 0.732. The van der Waals surface area contributed by atoms with Gasteiger partial charge >= 0.3 is 0 Å². The molecule has 1 aromatic carbocycles. The maximum atomic E-state index is 10.7. The fourth-order valence-corrected chi connectivity index (χ4v) is 2.05. The van der Waals surface area contributed by atoms with E-state index in [9.17, 15) is 5.11 Å². The highest BCUT2D eigenvalue weighted by atomic mass is 16.3. The first-order valence-electron chi connectivity index (χ1n) is 5.96. The second kappa shape index (κ2) is 4.72. The lowest BCUT2D eigenvalue weighted by Gasteiger charge is -2.25. The molecule has 0 spiro atoms. The summed E-state index contributed by atoms with van der Waals surface area (Å²) >= 11 is 0. The van der Waals surface area contributed by atoms with Gasteiger partial charge in [0, 0.05) is 12.7 Å². The van der Waals surface area contributed by atoms with E-state index in [1.165, 1.54) is 0 Å². The van der Waals surface area contributed by atoms with Gasteiger partial charge in [0.1, 0.15) is 5.60 Å². The van der Waals surface area contributed by atoms with Crippen molar-refractivity contribution in [1.82, 2.24) is 9.78 Å². The summed E-state index contributed by atoms with van der Waals surface area (Å²) in [6.07, 6.45) is 2.74. The Bertz CT molecular complexity index is 474. The predicted octanol–water partition coefficient (Wildman–Crippen LogP) is 2.55. The van der Waals surface area contributed by atoms with Gasteiger partial charge in [0.05, 0.1) is 5.69 Å². The van der Waals surface area contributed by atoms with Crippen LogP contribution < -0.4 is 0 Å². The van der Waals surface area contributed by atoms with Gasteiger partial charge in [0.25, 0.3) is 0 Å². The highest BCUT2D eigenvalue weighted by molar-refractivity contribution is 5.30. The van der Waals surface area contributed by atoms with Gasteiger partial charge in [-0.3, -0.25) is 4.68 Å². The number of benzene rings is 1.